The van der Waals surface area contributed by atoms with Gasteiger partial charge in [-0.05, 0) is 74.7 Å². The Morgan fingerprint density at radius 2 is 1.79 bits per heavy atom. The van der Waals surface area contributed by atoms with Crippen molar-refractivity contribution in [1.29, 1.82) is 0 Å². The number of aryl methyl sites for hydroxylation is 1. The van der Waals surface area contributed by atoms with E-state index in [4.69, 9.17) is 5.11 Å². The van der Waals surface area contributed by atoms with Crippen molar-refractivity contribution in [3.8, 4) is 0 Å². The van der Waals surface area contributed by atoms with Crippen LogP contribution in [-0.4, -0.2) is 48.6 Å². The van der Waals surface area contributed by atoms with E-state index in [0.717, 1.165) is 23.2 Å². The van der Waals surface area contributed by atoms with Gasteiger partial charge in [0.05, 0.1) is 12.1 Å². The molecule has 0 aliphatic carbocycles. The smallest absolute Gasteiger partial charge is 0.183 e. The van der Waals surface area contributed by atoms with Crippen molar-refractivity contribution >= 4 is 11.5 Å². The van der Waals surface area contributed by atoms with Crippen LogP contribution < -0.4 is 5.32 Å². The fourth-order valence-electron chi connectivity index (χ4n) is 3.88. The standard InChI is InChI=1S/C25H36N2O2/c1-7-25(27(5)6,17-20-8-10-21(11-9-20)18(2)3)24(29)23-13-12-22(16-19(23)4)26-14-15-28/h8-13,16,18,26,28H,7,14-15,17H2,1-6H3. The van der Waals surface area contributed by atoms with Gasteiger partial charge < -0.3 is 10.4 Å². The molecule has 1 atom stereocenters. The monoisotopic (exact) mass is 396 g/mol. The highest BCUT2D eigenvalue weighted by molar-refractivity contribution is 6.04. The topological polar surface area (TPSA) is 52.6 Å². The van der Waals surface area contributed by atoms with E-state index >= 15 is 0 Å². The van der Waals surface area contributed by atoms with E-state index < -0.39 is 5.54 Å². The quantitative estimate of drug-likeness (QED) is 0.574. The largest absolute Gasteiger partial charge is 0.395 e. The maximum Gasteiger partial charge on any atom is 0.183 e. The molecule has 0 heterocycles. The molecule has 158 valence electrons. The summed E-state index contributed by atoms with van der Waals surface area (Å²) in [5.41, 5.74) is 4.53. The molecule has 0 radical (unpaired) electrons. The van der Waals surface area contributed by atoms with Gasteiger partial charge in [-0.2, -0.15) is 0 Å². The number of carbonyl (C=O) groups excluding carboxylic acids is 1. The number of anilines is 1. The van der Waals surface area contributed by atoms with Crippen LogP contribution in [0.5, 0.6) is 0 Å². The number of rotatable bonds is 10. The highest BCUT2D eigenvalue weighted by atomic mass is 16.3. The fourth-order valence-corrected chi connectivity index (χ4v) is 3.88. The lowest BCUT2D eigenvalue weighted by Crippen LogP contribution is -2.52. The van der Waals surface area contributed by atoms with Gasteiger partial charge >= 0.3 is 0 Å². The zero-order chi connectivity index (χ0) is 21.6. The van der Waals surface area contributed by atoms with Crippen LogP contribution in [-0.2, 0) is 6.42 Å². The molecule has 2 aromatic rings. The van der Waals surface area contributed by atoms with Gasteiger partial charge in [0.25, 0.3) is 0 Å². The molecule has 0 spiro atoms. The summed E-state index contributed by atoms with van der Waals surface area (Å²) in [6.45, 7) is 9.02. The number of ketones is 1. The summed E-state index contributed by atoms with van der Waals surface area (Å²) in [5.74, 6) is 0.653. The van der Waals surface area contributed by atoms with Crippen molar-refractivity contribution in [3.63, 3.8) is 0 Å². The Kier molecular flexibility index (Phi) is 8.00. The van der Waals surface area contributed by atoms with Crippen LogP contribution in [0.3, 0.4) is 0 Å². The average Bonchev–Trinajstić information content (AvgIpc) is 2.70. The zero-order valence-electron chi connectivity index (χ0n) is 18.7. The Hall–Kier alpha value is -2.17. The van der Waals surface area contributed by atoms with Crippen molar-refractivity contribution < 1.29 is 9.90 Å². The molecule has 0 fully saturated rings. The van der Waals surface area contributed by atoms with Crippen LogP contribution >= 0.6 is 0 Å². The molecule has 0 amide bonds. The molecular weight excluding hydrogens is 360 g/mol. The van der Waals surface area contributed by atoms with Gasteiger partial charge in [0.15, 0.2) is 5.78 Å². The Morgan fingerprint density at radius 1 is 1.14 bits per heavy atom. The Balaban J connectivity index is 2.36. The normalized spacial score (nSPS) is 13.6. The predicted octanol–water partition coefficient (Wildman–Crippen LogP) is 4.66. The van der Waals surface area contributed by atoms with Crippen molar-refractivity contribution in [1.82, 2.24) is 4.90 Å². The first-order chi connectivity index (χ1) is 13.7. The van der Waals surface area contributed by atoms with Crippen molar-refractivity contribution in [2.75, 3.05) is 32.6 Å². The third-order valence-electron chi connectivity index (χ3n) is 5.92. The van der Waals surface area contributed by atoms with Crippen molar-refractivity contribution in [3.05, 3.63) is 64.7 Å². The minimum atomic E-state index is -0.593. The first-order valence-corrected chi connectivity index (χ1v) is 10.5. The Labute approximate surface area is 175 Å². The molecule has 0 saturated carbocycles. The Morgan fingerprint density at radius 3 is 2.28 bits per heavy atom. The summed E-state index contributed by atoms with van der Waals surface area (Å²) >= 11 is 0. The molecule has 2 aromatic carbocycles. The van der Waals surface area contributed by atoms with Crippen molar-refractivity contribution in [2.45, 2.75) is 52.0 Å². The van der Waals surface area contributed by atoms with Crippen LogP contribution in [0.2, 0.25) is 0 Å². The number of carbonyl (C=O) groups is 1. The van der Waals surface area contributed by atoms with Crippen LogP contribution in [0.1, 0.15) is 60.2 Å². The zero-order valence-corrected chi connectivity index (χ0v) is 18.7. The molecule has 0 aliphatic heterocycles. The van der Waals surface area contributed by atoms with E-state index in [0.29, 0.717) is 18.9 Å². The summed E-state index contributed by atoms with van der Waals surface area (Å²) in [6.07, 6.45) is 1.41. The first kappa shape index (κ1) is 23.1. The van der Waals surface area contributed by atoms with Crippen LogP contribution in [0.15, 0.2) is 42.5 Å². The molecular formula is C25H36N2O2. The van der Waals surface area contributed by atoms with Gasteiger partial charge in [-0.15, -0.1) is 0 Å². The summed E-state index contributed by atoms with van der Waals surface area (Å²) in [5, 5.41) is 12.2. The van der Waals surface area contributed by atoms with Gasteiger partial charge in [-0.25, -0.2) is 0 Å². The number of Topliss-reactive ketones (excluding diaryl/α,β-unsaturated/α-hetero) is 1. The summed E-state index contributed by atoms with van der Waals surface area (Å²) in [4.78, 5) is 15.8. The lowest BCUT2D eigenvalue weighted by molar-refractivity contribution is 0.0665. The van der Waals surface area contributed by atoms with E-state index in [1.54, 1.807) is 0 Å². The molecule has 2 rings (SSSR count). The summed E-state index contributed by atoms with van der Waals surface area (Å²) in [7, 11) is 3.99. The number of nitrogens with zero attached hydrogens (tertiary/aromatic N) is 1. The molecule has 29 heavy (non-hydrogen) atoms. The van der Waals surface area contributed by atoms with Crippen molar-refractivity contribution in [2.24, 2.45) is 0 Å². The Bertz CT molecular complexity index is 812. The number of aliphatic hydroxyl groups excluding tert-OH is 1. The number of hydrogen-bond donors (Lipinski definition) is 2. The van der Waals surface area contributed by atoms with Gasteiger partial charge in [-0.1, -0.05) is 45.0 Å². The fraction of sp³-hybridized carbons (Fsp3) is 0.480. The first-order valence-electron chi connectivity index (χ1n) is 10.5. The molecule has 4 nitrogen and oxygen atoms in total. The molecule has 1 unspecified atom stereocenters. The number of hydrogen-bond acceptors (Lipinski definition) is 4. The van der Waals surface area contributed by atoms with Crippen LogP contribution in [0.4, 0.5) is 5.69 Å². The maximum atomic E-state index is 13.8. The highest BCUT2D eigenvalue weighted by Crippen LogP contribution is 2.30. The van der Waals surface area contributed by atoms with E-state index in [2.05, 4.69) is 55.3 Å². The number of aliphatic hydroxyl groups is 1. The molecule has 0 saturated heterocycles. The van der Waals surface area contributed by atoms with E-state index in [1.165, 1.54) is 11.1 Å². The number of nitrogens with one attached hydrogen (secondary N) is 1. The van der Waals surface area contributed by atoms with E-state index in [1.807, 2.05) is 39.2 Å². The van der Waals surface area contributed by atoms with Gasteiger partial charge in [0.1, 0.15) is 0 Å². The van der Waals surface area contributed by atoms with E-state index in [9.17, 15) is 4.79 Å². The summed E-state index contributed by atoms with van der Waals surface area (Å²) < 4.78 is 0. The van der Waals surface area contributed by atoms with Crippen LogP contribution in [0, 0.1) is 6.92 Å². The second-order valence-electron chi connectivity index (χ2n) is 8.36. The third-order valence-corrected chi connectivity index (χ3v) is 5.92. The maximum absolute atomic E-state index is 13.8. The van der Waals surface area contributed by atoms with Gasteiger partial charge in [-0.3, -0.25) is 9.69 Å². The average molecular weight is 397 g/mol. The lowest BCUT2D eigenvalue weighted by Gasteiger charge is -2.38. The molecule has 4 heteroatoms. The lowest BCUT2D eigenvalue weighted by atomic mass is 9.79. The van der Waals surface area contributed by atoms with Gasteiger partial charge in [0.2, 0.25) is 0 Å². The SMILES string of the molecule is CCC(Cc1ccc(C(C)C)cc1)(C(=O)c1ccc(NCCO)cc1C)N(C)C. The second kappa shape index (κ2) is 10.0. The third kappa shape index (κ3) is 5.26. The highest BCUT2D eigenvalue weighted by Gasteiger charge is 2.40. The number of benzene rings is 2. The van der Waals surface area contributed by atoms with Crippen LogP contribution in [0.25, 0.3) is 0 Å². The van der Waals surface area contributed by atoms with E-state index in [-0.39, 0.29) is 12.4 Å². The molecule has 0 bridgehead atoms. The summed E-state index contributed by atoms with van der Waals surface area (Å²) in [6, 6.07) is 14.5. The predicted molar refractivity (Wildman–Crippen MR) is 122 cm³/mol. The second-order valence-corrected chi connectivity index (χ2v) is 8.36. The molecule has 0 aliphatic rings. The number of likely N-dealkylation sites (N-methyl/N-ethyl adjacent to an activating group) is 1. The minimum absolute atomic E-state index is 0.0783. The van der Waals surface area contributed by atoms with Gasteiger partial charge in [0, 0.05) is 17.8 Å². The molecule has 0 aromatic heterocycles. The molecule has 2 N–H and O–H groups in total. The minimum Gasteiger partial charge on any atom is -0.395 e.